The molecule has 0 fully saturated rings. The molecule has 4 rings (SSSR count). The molecule has 0 aliphatic heterocycles. The molecule has 0 radical (unpaired) electrons. The number of pyridine rings is 1. The Balaban J connectivity index is 1.48. The third-order valence-electron chi connectivity index (χ3n) is 4.04. The Bertz CT molecular complexity index is 1220. The number of amides is 1. The van der Waals surface area contributed by atoms with E-state index in [1.54, 1.807) is 0 Å². The summed E-state index contributed by atoms with van der Waals surface area (Å²) >= 11 is 6.00. The Labute approximate surface area is 175 Å². The van der Waals surface area contributed by atoms with Gasteiger partial charge >= 0.3 is 0 Å². The highest BCUT2D eigenvalue weighted by Crippen LogP contribution is 2.33. The van der Waals surface area contributed by atoms with E-state index in [0.717, 1.165) is 11.8 Å². The van der Waals surface area contributed by atoms with Crippen molar-refractivity contribution in [2.45, 2.75) is 0 Å². The maximum absolute atomic E-state index is 14.4. The van der Waals surface area contributed by atoms with E-state index in [-0.39, 0.29) is 33.7 Å². The predicted octanol–water partition coefficient (Wildman–Crippen LogP) is 4.08. The highest BCUT2D eigenvalue weighted by Gasteiger charge is 2.15. The van der Waals surface area contributed by atoms with Gasteiger partial charge in [0.1, 0.15) is 10.8 Å². The molecule has 0 saturated heterocycles. The van der Waals surface area contributed by atoms with Gasteiger partial charge in [0, 0.05) is 24.0 Å². The van der Waals surface area contributed by atoms with Gasteiger partial charge in [-0.05, 0) is 24.3 Å². The van der Waals surface area contributed by atoms with Crippen LogP contribution in [0, 0.1) is 5.82 Å². The van der Waals surface area contributed by atoms with Crippen LogP contribution >= 0.6 is 11.6 Å². The van der Waals surface area contributed by atoms with E-state index < -0.39 is 11.7 Å². The summed E-state index contributed by atoms with van der Waals surface area (Å²) in [6.07, 6.45) is 2.87. The first-order valence-corrected chi connectivity index (χ1v) is 9.05. The van der Waals surface area contributed by atoms with E-state index in [1.165, 1.54) is 35.3 Å². The van der Waals surface area contributed by atoms with E-state index in [9.17, 15) is 9.18 Å². The van der Waals surface area contributed by atoms with E-state index >= 15 is 0 Å². The minimum atomic E-state index is -0.702. The van der Waals surface area contributed by atoms with Crippen LogP contribution in [0.5, 0.6) is 11.5 Å². The molecule has 150 valence electrons. The zero-order valence-electron chi connectivity index (χ0n) is 15.3. The SMILES string of the molecule is Nc1nccc(Oc2ccc(NC(=O)c3cn(-c4ccccc4)nn3)cc2F)c1Cl. The summed E-state index contributed by atoms with van der Waals surface area (Å²) in [5, 5.41) is 10.4. The molecule has 2 aromatic heterocycles. The molecule has 0 bridgehead atoms. The summed E-state index contributed by atoms with van der Waals surface area (Å²) in [5.74, 6) is -1.09. The molecule has 2 aromatic carbocycles. The van der Waals surface area contributed by atoms with Crippen molar-refractivity contribution in [1.82, 2.24) is 20.0 Å². The lowest BCUT2D eigenvalue weighted by Gasteiger charge is -2.10. The smallest absolute Gasteiger partial charge is 0.277 e. The predicted molar refractivity (Wildman–Crippen MR) is 109 cm³/mol. The van der Waals surface area contributed by atoms with Gasteiger partial charge in [0.15, 0.2) is 23.0 Å². The molecule has 0 unspecified atom stereocenters. The van der Waals surface area contributed by atoms with Crippen molar-refractivity contribution in [1.29, 1.82) is 0 Å². The van der Waals surface area contributed by atoms with Crippen molar-refractivity contribution < 1.29 is 13.9 Å². The molecule has 1 amide bonds. The second-order valence-corrected chi connectivity index (χ2v) is 6.47. The van der Waals surface area contributed by atoms with Crippen LogP contribution in [0.1, 0.15) is 10.5 Å². The summed E-state index contributed by atoms with van der Waals surface area (Å²) in [7, 11) is 0. The summed E-state index contributed by atoms with van der Waals surface area (Å²) in [5.41, 5.74) is 6.67. The van der Waals surface area contributed by atoms with Crippen LogP contribution in [0.25, 0.3) is 5.69 Å². The van der Waals surface area contributed by atoms with Crippen LogP contribution in [0.4, 0.5) is 15.9 Å². The molecular weight excluding hydrogens is 411 g/mol. The van der Waals surface area contributed by atoms with Crippen LogP contribution in [-0.2, 0) is 0 Å². The first-order valence-electron chi connectivity index (χ1n) is 8.68. The number of hydrogen-bond donors (Lipinski definition) is 2. The summed E-state index contributed by atoms with van der Waals surface area (Å²) < 4.78 is 21.4. The number of para-hydroxylation sites is 1. The fraction of sp³-hybridized carbons (Fsp3) is 0. The average Bonchev–Trinajstić information content (AvgIpc) is 3.24. The fourth-order valence-corrected chi connectivity index (χ4v) is 2.72. The standard InChI is InChI=1S/C20H14ClFN6O2/c21-18-17(8-9-24-19(18)23)30-16-7-6-12(10-14(16)22)25-20(29)15-11-28(27-26-15)13-4-2-1-3-5-13/h1-11H,(H2,23,24)(H,25,29). The number of aromatic nitrogens is 4. The second-order valence-electron chi connectivity index (χ2n) is 6.09. The lowest BCUT2D eigenvalue weighted by atomic mass is 10.2. The number of carbonyl (C=O) groups is 1. The minimum absolute atomic E-state index is 0.0713. The third-order valence-corrected chi connectivity index (χ3v) is 4.42. The van der Waals surface area contributed by atoms with Crippen LogP contribution in [0.2, 0.25) is 5.02 Å². The van der Waals surface area contributed by atoms with Crippen molar-refractivity contribution in [3.8, 4) is 17.2 Å². The number of rotatable bonds is 5. The van der Waals surface area contributed by atoms with Crippen molar-refractivity contribution in [3.63, 3.8) is 0 Å². The van der Waals surface area contributed by atoms with Crippen molar-refractivity contribution in [2.24, 2.45) is 0 Å². The van der Waals surface area contributed by atoms with Crippen LogP contribution in [-0.4, -0.2) is 25.9 Å². The van der Waals surface area contributed by atoms with Gasteiger partial charge < -0.3 is 15.8 Å². The summed E-state index contributed by atoms with van der Waals surface area (Å²) in [6.45, 7) is 0. The number of anilines is 2. The monoisotopic (exact) mass is 424 g/mol. The van der Waals surface area contributed by atoms with Gasteiger partial charge in [0.25, 0.3) is 5.91 Å². The molecule has 0 saturated carbocycles. The van der Waals surface area contributed by atoms with E-state index in [2.05, 4.69) is 20.6 Å². The maximum atomic E-state index is 14.4. The molecule has 30 heavy (non-hydrogen) atoms. The Morgan fingerprint density at radius 3 is 2.70 bits per heavy atom. The maximum Gasteiger partial charge on any atom is 0.277 e. The van der Waals surface area contributed by atoms with Crippen LogP contribution < -0.4 is 15.8 Å². The minimum Gasteiger partial charge on any atom is -0.453 e. The lowest BCUT2D eigenvalue weighted by molar-refractivity contribution is 0.102. The van der Waals surface area contributed by atoms with Gasteiger partial charge in [-0.3, -0.25) is 4.79 Å². The van der Waals surface area contributed by atoms with Gasteiger partial charge in [-0.15, -0.1) is 5.10 Å². The van der Waals surface area contributed by atoms with Gasteiger partial charge in [0.05, 0.1) is 11.9 Å². The quantitative estimate of drug-likeness (QED) is 0.499. The molecule has 0 spiro atoms. The first-order chi connectivity index (χ1) is 14.5. The molecule has 8 nitrogen and oxygen atoms in total. The number of nitrogen functional groups attached to an aromatic ring is 1. The van der Waals surface area contributed by atoms with Crippen molar-refractivity contribution in [2.75, 3.05) is 11.1 Å². The number of nitrogens with two attached hydrogens (primary N) is 1. The number of benzene rings is 2. The highest BCUT2D eigenvalue weighted by molar-refractivity contribution is 6.34. The number of hydrogen-bond acceptors (Lipinski definition) is 6. The third kappa shape index (κ3) is 4.06. The van der Waals surface area contributed by atoms with E-state index in [4.69, 9.17) is 22.1 Å². The first kappa shape index (κ1) is 19.3. The molecule has 10 heteroatoms. The molecule has 0 atom stereocenters. The molecule has 0 aliphatic carbocycles. The van der Waals surface area contributed by atoms with Crippen molar-refractivity contribution in [3.05, 3.63) is 83.5 Å². The van der Waals surface area contributed by atoms with Crippen molar-refractivity contribution >= 4 is 29.0 Å². The Morgan fingerprint density at radius 2 is 1.93 bits per heavy atom. The lowest BCUT2D eigenvalue weighted by Crippen LogP contribution is -2.12. The summed E-state index contributed by atoms with van der Waals surface area (Å²) in [6, 6.07) is 14.6. The van der Waals surface area contributed by atoms with Crippen LogP contribution in [0.15, 0.2) is 67.0 Å². The van der Waals surface area contributed by atoms with Crippen LogP contribution in [0.3, 0.4) is 0 Å². The number of carbonyl (C=O) groups excluding carboxylic acids is 1. The molecular formula is C20H14ClFN6O2. The zero-order chi connectivity index (χ0) is 21.1. The normalized spacial score (nSPS) is 10.6. The fourth-order valence-electron chi connectivity index (χ4n) is 2.57. The largest absolute Gasteiger partial charge is 0.453 e. The highest BCUT2D eigenvalue weighted by atomic mass is 35.5. The molecule has 0 aliphatic rings. The topological polar surface area (TPSA) is 108 Å². The van der Waals surface area contributed by atoms with Gasteiger partial charge in [-0.25, -0.2) is 14.1 Å². The number of ether oxygens (including phenoxy) is 1. The van der Waals surface area contributed by atoms with E-state index in [0.29, 0.717) is 0 Å². The Hall–Kier alpha value is -3.98. The zero-order valence-corrected chi connectivity index (χ0v) is 16.0. The van der Waals surface area contributed by atoms with Gasteiger partial charge in [0.2, 0.25) is 0 Å². The average molecular weight is 425 g/mol. The van der Waals surface area contributed by atoms with Gasteiger partial charge in [-0.1, -0.05) is 35.0 Å². The molecule has 4 aromatic rings. The Morgan fingerprint density at radius 1 is 1.13 bits per heavy atom. The van der Waals surface area contributed by atoms with Gasteiger partial charge in [-0.2, -0.15) is 0 Å². The molecule has 2 heterocycles. The number of nitrogens with one attached hydrogen (secondary N) is 1. The van der Waals surface area contributed by atoms with E-state index in [1.807, 2.05) is 30.3 Å². The summed E-state index contributed by atoms with van der Waals surface area (Å²) in [4.78, 5) is 16.2. The Kier molecular flexibility index (Phi) is 5.27. The number of halogens is 2. The molecule has 3 N–H and O–H groups in total. The second kappa shape index (κ2) is 8.18. The number of nitrogens with zero attached hydrogens (tertiary/aromatic N) is 4.